The molecule has 0 saturated heterocycles. The summed E-state index contributed by atoms with van der Waals surface area (Å²) >= 11 is 0. The quantitative estimate of drug-likeness (QED) is 0.582. The Hall–Kier alpha value is -0.570. The van der Waals surface area contributed by atoms with E-state index in [9.17, 15) is 4.79 Å². The lowest BCUT2D eigenvalue weighted by molar-refractivity contribution is -0.141. The Morgan fingerprint density at radius 3 is 2.44 bits per heavy atom. The largest absolute Gasteiger partial charge is 0.481 e. The molecule has 1 atom stereocenters. The Bertz CT molecular complexity index is 93.1. The SMILES string of the molecule is CCC[C@@H](CN)C(=O)O. The molecular formula is C6H13NO2. The molecule has 0 radical (unpaired) electrons. The third-order valence-electron chi connectivity index (χ3n) is 1.27. The van der Waals surface area contributed by atoms with Gasteiger partial charge in [0.1, 0.15) is 0 Å². The average molecular weight is 131 g/mol. The van der Waals surface area contributed by atoms with E-state index in [1.165, 1.54) is 0 Å². The van der Waals surface area contributed by atoms with Gasteiger partial charge in [-0.1, -0.05) is 13.3 Å². The predicted octanol–water partition coefficient (Wildman–Crippen LogP) is 0.446. The molecule has 9 heavy (non-hydrogen) atoms. The van der Waals surface area contributed by atoms with Crippen molar-refractivity contribution in [3.8, 4) is 0 Å². The number of aliphatic carboxylic acids is 1. The van der Waals surface area contributed by atoms with Crippen molar-refractivity contribution in [2.24, 2.45) is 11.7 Å². The lowest BCUT2D eigenvalue weighted by atomic mass is 10.1. The molecule has 3 heteroatoms. The fraction of sp³-hybridized carbons (Fsp3) is 0.833. The van der Waals surface area contributed by atoms with Crippen LogP contribution in [0.3, 0.4) is 0 Å². The standard InChI is InChI=1S/C6H13NO2/c1-2-3-5(4-7)6(8)9/h5H,2-4,7H2,1H3,(H,8,9)/t5-/m0/s1. The lowest BCUT2D eigenvalue weighted by Gasteiger charge is -2.05. The molecule has 54 valence electrons. The van der Waals surface area contributed by atoms with Gasteiger partial charge in [-0.15, -0.1) is 0 Å². The van der Waals surface area contributed by atoms with Crippen LogP contribution in [0.4, 0.5) is 0 Å². The van der Waals surface area contributed by atoms with Crippen LogP contribution >= 0.6 is 0 Å². The summed E-state index contributed by atoms with van der Waals surface area (Å²) in [5.41, 5.74) is 5.18. The summed E-state index contributed by atoms with van der Waals surface area (Å²) in [6.45, 7) is 2.20. The highest BCUT2D eigenvalue weighted by Crippen LogP contribution is 2.03. The van der Waals surface area contributed by atoms with Gasteiger partial charge in [-0.25, -0.2) is 0 Å². The first kappa shape index (κ1) is 8.43. The van der Waals surface area contributed by atoms with Crippen molar-refractivity contribution in [1.29, 1.82) is 0 Å². The molecule has 0 unspecified atom stereocenters. The first-order valence-electron chi connectivity index (χ1n) is 3.15. The molecule has 0 rings (SSSR count). The Labute approximate surface area is 54.9 Å². The van der Waals surface area contributed by atoms with Crippen molar-refractivity contribution in [1.82, 2.24) is 0 Å². The molecule has 0 aromatic heterocycles. The van der Waals surface area contributed by atoms with Crippen molar-refractivity contribution >= 4 is 5.97 Å². The van der Waals surface area contributed by atoms with E-state index in [1.54, 1.807) is 0 Å². The summed E-state index contributed by atoms with van der Waals surface area (Å²) in [5, 5.41) is 8.42. The first-order valence-corrected chi connectivity index (χ1v) is 3.15. The zero-order chi connectivity index (χ0) is 7.28. The van der Waals surface area contributed by atoms with Crippen LogP contribution in [0.25, 0.3) is 0 Å². The van der Waals surface area contributed by atoms with Crippen molar-refractivity contribution in [2.75, 3.05) is 6.54 Å². The minimum Gasteiger partial charge on any atom is -0.481 e. The van der Waals surface area contributed by atoms with Gasteiger partial charge in [0.25, 0.3) is 0 Å². The van der Waals surface area contributed by atoms with Gasteiger partial charge in [-0.3, -0.25) is 4.79 Å². The fourth-order valence-corrected chi connectivity index (χ4v) is 0.691. The molecular weight excluding hydrogens is 118 g/mol. The first-order chi connectivity index (χ1) is 4.22. The van der Waals surface area contributed by atoms with Gasteiger partial charge in [0.05, 0.1) is 5.92 Å². The smallest absolute Gasteiger partial charge is 0.307 e. The number of carbonyl (C=O) groups is 1. The van der Waals surface area contributed by atoms with Crippen LogP contribution in [-0.2, 0) is 4.79 Å². The second-order valence-corrected chi connectivity index (χ2v) is 2.06. The number of nitrogens with two attached hydrogens (primary N) is 1. The predicted molar refractivity (Wildman–Crippen MR) is 35.1 cm³/mol. The minimum absolute atomic E-state index is 0.253. The van der Waals surface area contributed by atoms with Crippen LogP contribution in [0.1, 0.15) is 19.8 Å². The Morgan fingerprint density at radius 2 is 2.33 bits per heavy atom. The molecule has 0 aliphatic heterocycles. The van der Waals surface area contributed by atoms with E-state index in [0.717, 1.165) is 6.42 Å². The highest BCUT2D eigenvalue weighted by Gasteiger charge is 2.12. The number of hydrogen-bond donors (Lipinski definition) is 2. The van der Waals surface area contributed by atoms with Gasteiger partial charge in [0.15, 0.2) is 0 Å². The van der Waals surface area contributed by atoms with Crippen molar-refractivity contribution in [2.45, 2.75) is 19.8 Å². The maximum Gasteiger partial charge on any atom is 0.307 e. The van der Waals surface area contributed by atoms with Crippen molar-refractivity contribution in [3.63, 3.8) is 0 Å². The Balaban J connectivity index is 3.54. The van der Waals surface area contributed by atoms with Gasteiger partial charge in [-0.2, -0.15) is 0 Å². The van der Waals surface area contributed by atoms with Crippen molar-refractivity contribution in [3.05, 3.63) is 0 Å². The molecule has 3 nitrogen and oxygen atoms in total. The van der Waals surface area contributed by atoms with Crippen LogP contribution in [0.5, 0.6) is 0 Å². The highest BCUT2D eigenvalue weighted by atomic mass is 16.4. The van der Waals surface area contributed by atoms with Crippen LogP contribution in [0.15, 0.2) is 0 Å². The van der Waals surface area contributed by atoms with E-state index < -0.39 is 5.97 Å². The maximum atomic E-state index is 10.2. The van der Waals surface area contributed by atoms with E-state index in [2.05, 4.69) is 0 Å². The molecule has 0 aromatic rings. The number of carboxylic acids is 1. The van der Waals surface area contributed by atoms with Gasteiger partial charge in [0.2, 0.25) is 0 Å². The summed E-state index contributed by atoms with van der Waals surface area (Å²) in [6, 6.07) is 0. The molecule has 0 heterocycles. The molecule has 0 aliphatic carbocycles. The molecule has 0 aromatic carbocycles. The average Bonchev–Trinajstić information content (AvgIpc) is 1.82. The van der Waals surface area contributed by atoms with E-state index >= 15 is 0 Å². The number of carboxylic acid groups (broad SMARTS) is 1. The van der Waals surface area contributed by atoms with Crippen molar-refractivity contribution < 1.29 is 9.90 Å². The summed E-state index contributed by atoms with van der Waals surface area (Å²) in [4.78, 5) is 10.2. The molecule has 0 fully saturated rings. The van der Waals surface area contributed by atoms with E-state index in [1.807, 2.05) is 6.92 Å². The second kappa shape index (κ2) is 4.32. The van der Waals surface area contributed by atoms with Gasteiger partial charge in [0, 0.05) is 6.54 Å². The second-order valence-electron chi connectivity index (χ2n) is 2.06. The van der Waals surface area contributed by atoms with E-state index in [-0.39, 0.29) is 12.5 Å². The molecule has 0 aliphatic rings. The monoisotopic (exact) mass is 131 g/mol. The van der Waals surface area contributed by atoms with E-state index in [0.29, 0.717) is 6.42 Å². The summed E-state index contributed by atoms with van der Waals surface area (Å²) in [5.74, 6) is -1.12. The van der Waals surface area contributed by atoms with Gasteiger partial charge >= 0.3 is 5.97 Å². The van der Waals surface area contributed by atoms with Crippen LogP contribution in [-0.4, -0.2) is 17.6 Å². The summed E-state index contributed by atoms with van der Waals surface area (Å²) < 4.78 is 0. The minimum atomic E-state index is -0.778. The third-order valence-corrected chi connectivity index (χ3v) is 1.27. The summed E-state index contributed by atoms with van der Waals surface area (Å²) in [7, 11) is 0. The molecule has 3 N–H and O–H groups in total. The number of rotatable bonds is 4. The zero-order valence-electron chi connectivity index (χ0n) is 5.63. The maximum absolute atomic E-state index is 10.2. The Morgan fingerprint density at radius 1 is 1.78 bits per heavy atom. The highest BCUT2D eigenvalue weighted by molar-refractivity contribution is 5.70. The van der Waals surface area contributed by atoms with Crippen LogP contribution in [0.2, 0.25) is 0 Å². The normalized spacial score (nSPS) is 13.1. The fourth-order valence-electron chi connectivity index (χ4n) is 0.691. The van der Waals surface area contributed by atoms with Gasteiger partial charge in [-0.05, 0) is 6.42 Å². The summed E-state index contributed by atoms with van der Waals surface area (Å²) in [6.07, 6.45) is 1.57. The number of hydrogen-bond acceptors (Lipinski definition) is 2. The topological polar surface area (TPSA) is 63.3 Å². The van der Waals surface area contributed by atoms with Crippen LogP contribution in [0, 0.1) is 5.92 Å². The van der Waals surface area contributed by atoms with Crippen LogP contribution < -0.4 is 5.73 Å². The molecule has 0 bridgehead atoms. The zero-order valence-corrected chi connectivity index (χ0v) is 5.63. The Kier molecular flexibility index (Phi) is 4.05. The molecule has 0 saturated carbocycles. The third kappa shape index (κ3) is 3.08. The van der Waals surface area contributed by atoms with Gasteiger partial charge < -0.3 is 10.8 Å². The molecule has 0 spiro atoms. The molecule has 0 amide bonds. The van der Waals surface area contributed by atoms with E-state index in [4.69, 9.17) is 10.8 Å². The lowest BCUT2D eigenvalue weighted by Crippen LogP contribution is -2.22.